The molecule has 0 spiro atoms. The number of carbonyl (C=O) groups is 1. The Morgan fingerprint density at radius 3 is 2.37 bits per heavy atom. The first kappa shape index (κ1) is 29.9. The van der Waals surface area contributed by atoms with E-state index in [0.29, 0.717) is 32.8 Å². The number of nitrogens with zero attached hydrogens (tertiary/aromatic N) is 2. The molecule has 0 saturated heterocycles. The summed E-state index contributed by atoms with van der Waals surface area (Å²) in [6.07, 6.45) is 0. The molecule has 4 aromatic rings. The predicted molar refractivity (Wildman–Crippen MR) is 140 cm³/mol. The van der Waals surface area contributed by atoms with Crippen LogP contribution in [0.3, 0.4) is 0 Å². The van der Waals surface area contributed by atoms with Crippen molar-refractivity contribution in [3.63, 3.8) is 0 Å². The number of fused-ring (bicyclic) bond motifs is 1. The fourth-order valence-corrected chi connectivity index (χ4v) is 4.74. The number of amides is 1. The van der Waals surface area contributed by atoms with Crippen molar-refractivity contribution >= 4 is 67.1 Å². The van der Waals surface area contributed by atoms with Gasteiger partial charge in [0.2, 0.25) is 0 Å². The first-order valence-electron chi connectivity index (χ1n) is 10.6. The van der Waals surface area contributed by atoms with Gasteiger partial charge in [-0.05, 0) is 48.2 Å². The molecule has 2 N–H and O–H groups in total. The molecule has 38 heavy (non-hydrogen) atoms. The Labute approximate surface area is 250 Å². The van der Waals surface area contributed by atoms with E-state index in [1.165, 1.54) is 32.2 Å². The first-order valence-corrected chi connectivity index (χ1v) is 12.8. The van der Waals surface area contributed by atoms with Crippen molar-refractivity contribution in [2.45, 2.75) is 11.8 Å². The van der Waals surface area contributed by atoms with Crippen LogP contribution in [-0.2, 0) is 10.1 Å². The first-order chi connectivity index (χ1) is 17.5. The maximum Gasteiger partial charge on any atom is 1.00 e. The van der Waals surface area contributed by atoms with Crippen LogP contribution >= 0.6 is 23.2 Å². The molecule has 0 heterocycles. The maximum absolute atomic E-state index is 13.4. The van der Waals surface area contributed by atoms with Gasteiger partial charge in [-0.25, -0.2) is 0 Å². The van der Waals surface area contributed by atoms with E-state index in [-0.39, 0.29) is 51.5 Å². The molecule has 0 aromatic heterocycles. The van der Waals surface area contributed by atoms with E-state index in [2.05, 4.69) is 15.5 Å². The molecule has 0 aliphatic carbocycles. The van der Waals surface area contributed by atoms with Gasteiger partial charge < -0.3 is 15.2 Å². The number of hydrogen-bond donors (Lipinski definition) is 2. The quantitative estimate of drug-likeness (QED) is 0.203. The molecule has 0 bridgehead atoms. The van der Waals surface area contributed by atoms with Gasteiger partial charge in [0.05, 0.1) is 28.4 Å². The van der Waals surface area contributed by atoms with Crippen molar-refractivity contribution in [2.24, 2.45) is 10.2 Å². The van der Waals surface area contributed by atoms with E-state index in [1.807, 2.05) is 0 Å². The number of benzene rings is 4. The van der Waals surface area contributed by atoms with E-state index < -0.39 is 26.7 Å². The van der Waals surface area contributed by atoms with Crippen molar-refractivity contribution in [2.75, 3.05) is 12.4 Å². The number of azo groups is 1. The Hall–Kier alpha value is -2.70. The Balaban J connectivity index is 0.00000400. The second-order valence-corrected chi connectivity index (χ2v) is 10.1. The molecular weight excluding hydrogens is 564 g/mol. The van der Waals surface area contributed by atoms with Crippen LogP contribution < -0.4 is 44.7 Å². The number of halogens is 2. The van der Waals surface area contributed by atoms with Crippen LogP contribution in [-0.4, -0.2) is 26.0 Å². The molecule has 0 aliphatic rings. The maximum atomic E-state index is 13.4. The van der Waals surface area contributed by atoms with Crippen LogP contribution in [0.15, 0.2) is 75.8 Å². The number of methoxy groups -OCH3 is 1. The van der Waals surface area contributed by atoms with Gasteiger partial charge in [-0.3, -0.25) is 9.35 Å². The molecule has 0 aliphatic heterocycles. The third kappa shape index (κ3) is 6.29. The summed E-state index contributed by atoms with van der Waals surface area (Å²) in [6.45, 7) is 1.52. The zero-order chi connectivity index (χ0) is 26.9. The molecule has 1 amide bonds. The Bertz CT molecular complexity index is 1670. The van der Waals surface area contributed by atoms with Gasteiger partial charge in [0.15, 0.2) is 0 Å². The fourth-order valence-electron chi connectivity index (χ4n) is 3.62. The molecule has 0 atom stereocenters. The molecule has 0 unspecified atom stereocenters. The van der Waals surface area contributed by atoms with Crippen LogP contribution in [0.4, 0.5) is 17.1 Å². The molecule has 13 heteroatoms. The van der Waals surface area contributed by atoms with Crippen molar-refractivity contribution < 1.29 is 57.2 Å². The topological polar surface area (TPSA) is 140 Å². The summed E-state index contributed by atoms with van der Waals surface area (Å²) in [6, 6.07) is 15.1. The van der Waals surface area contributed by atoms with Gasteiger partial charge in [0.1, 0.15) is 11.4 Å². The van der Waals surface area contributed by atoms with Crippen molar-refractivity contribution in [3.05, 3.63) is 81.8 Å². The van der Waals surface area contributed by atoms with Gasteiger partial charge in [0, 0.05) is 22.0 Å². The molecule has 0 fully saturated rings. The SMILES string of the molecule is COc1cc(Cl)ccc1NC(=O)c1cc2ccccc2c(N=Nc2c(C)cc(S(=O)(=O)O)cc2Cl)c1[O-].[Na+]. The van der Waals surface area contributed by atoms with E-state index in [0.717, 1.165) is 6.07 Å². The molecule has 4 aromatic carbocycles. The Morgan fingerprint density at radius 2 is 1.71 bits per heavy atom. The summed E-state index contributed by atoms with van der Waals surface area (Å²) < 4.78 is 37.5. The number of nitrogens with one attached hydrogen (secondary N) is 1. The summed E-state index contributed by atoms with van der Waals surface area (Å²) in [7, 11) is -3.06. The number of carbonyl (C=O) groups excluding carboxylic acids is 1. The van der Waals surface area contributed by atoms with Gasteiger partial charge in [0.25, 0.3) is 16.0 Å². The molecule has 0 radical (unpaired) electrons. The van der Waals surface area contributed by atoms with Crippen LogP contribution in [0.2, 0.25) is 10.0 Å². The third-order valence-electron chi connectivity index (χ3n) is 5.41. The van der Waals surface area contributed by atoms with Gasteiger partial charge >= 0.3 is 29.6 Å². The third-order valence-corrected chi connectivity index (χ3v) is 6.76. The zero-order valence-corrected chi connectivity index (χ0v) is 24.6. The van der Waals surface area contributed by atoms with E-state index in [4.69, 9.17) is 27.9 Å². The fraction of sp³-hybridized carbons (Fsp3) is 0.0800. The smallest absolute Gasteiger partial charge is 0.870 e. The normalized spacial score (nSPS) is 11.4. The van der Waals surface area contributed by atoms with E-state index in [1.54, 1.807) is 36.4 Å². The second kappa shape index (κ2) is 12.0. The summed E-state index contributed by atoms with van der Waals surface area (Å²) in [5.74, 6) is -1.07. The average Bonchev–Trinajstić information content (AvgIpc) is 2.84. The average molecular weight is 582 g/mol. The summed E-state index contributed by atoms with van der Waals surface area (Å²) >= 11 is 12.2. The van der Waals surface area contributed by atoms with Crippen LogP contribution in [0.25, 0.3) is 10.8 Å². The van der Waals surface area contributed by atoms with Gasteiger partial charge in [-0.2, -0.15) is 13.5 Å². The van der Waals surface area contributed by atoms with Gasteiger partial charge in [-0.15, -0.1) is 5.11 Å². The molecular formula is C25H18Cl2N3NaO6S. The van der Waals surface area contributed by atoms with E-state index >= 15 is 0 Å². The molecule has 0 saturated carbocycles. The summed E-state index contributed by atoms with van der Waals surface area (Å²) in [5, 5.41) is 25.5. The predicted octanol–water partition coefficient (Wildman–Crippen LogP) is 3.46. The Morgan fingerprint density at radius 1 is 1.03 bits per heavy atom. The number of aryl methyl sites for hydroxylation is 1. The minimum Gasteiger partial charge on any atom is -0.870 e. The van der Waals surface area contributed by atoms with Crippen molar-refractivity contribution in [1.82, 2.24) is 0 Å². The largest absolute Gasteiger partial charge is 1.00 e. The standard InChI is InChI=1S/C25H19Cl2N3O6S.Na/c1-13-9-16(37(33,34)35)12-19(27)22(13)29-30-23-17-6-4-3-5-14(17)10-18(24(23)31)25(32)28-20-8-7-15(26)11-21(20)36-2;/h3-12,31H,1-2H3,(H,28,32)(H,33,34,35);/q;+1/p-1. The number of ether oxygens (including phenoxy) is 1. The summed E-state index contributed by atoms with van der Waals surface area (Å²) in [5.41, 5.74) is 0.409. The van der Waals surface area contributed by atoms with Crippen molar-refractivity contribution in [3.8, 4) is 11.5 Å². The number of hydrogen-bond acceptors (Lipinski definition) is 7. The summed E-state index contributed by atoms with van der Waals surface area (Å²) in [4.78, 5) is 12.7. The van der Waals surface area contributed by atoms with Crippen molar-refractivity contribution in [1.29, 1.82) is 0 Å². The minimum atomic E-state index is -4.48. The molecule has 9 nitrogen and oxygen atoms in total. The second-order valence-electron chi connectivity index (χ2n) is 7.87. The monoisotopic (exact) mass is 581 g/mol. The van der Waals surface area contributed by atoms with E-state index in [9.17, 15) is 22.9 Å². The number of rotatable bonds is 6. The Kier molecular flexibility index (Phi) is 9.43. The van der Waals surface area contributed by atoms with Crippen LogP contribution in [0.1, 0.15) is 15.9 Å². The molecule has 4 rings (SSSR count). The molecule has 190 valence electrons. The number of anilines is 1. The minimum absolute atomic E-state index is 0. The van der Waals surface area contributed by atoms with Crippen LogP contribution in [0, 0.1) is 6.92 Å². The van der Waals surface area contributed by atoms with Gasteiger partial charge in [-0.1, -0.05) is 53.2 Å². The zero-order valence-electron chi connectivity index (χ0n) is 20.3. The van der Waals surface area contributed by atoms with Crippen LogP contribution in [0.5, 0.6) is 11.5 Å².